The first-order valence-corrected chi connectivity index (χ1v) is 11.8. The summed E-state index contributed by atoms with van der Waals surface area (Å²) in [6.45, 7) is 1.87. The molecule has 0 radical (unpaired) electrons. The second kappa shape index (κ2) is 8.65. The molecule has 3 aromatic rings. The van der Waals surface area contributed by atoms with Gasteiger partial charge in [-0.3, -0.25) is 4.55 Å². The lowest BCUT2D eigenvalue weighted by molar-refractivity contribution is 0.233. The van der Waals surface area contributed by atoms with E-state index >= 15 is 0 Å². The molecule has 0 aliphatic carbocycles. The van der Waals surface area contributed by atoms with E-state index in [0.717, 1.165) is 22.3 Å². The van der Waals surface area contributed by atoms with Gasteiger partial charge in [0.05, 0.1) is 19.1 Å². The molecule has 1 atom stereocenters. The van der Waals surface area contributed by atoms with Crippen molar-refractivity contribution in [1.29, 1.82) is 0 Å². The fraction of sp³-hybridized carbons (Fsp3) is 0.250. The number of rotatable bonds is 6. The van der Waals surface area contributed by atoms with Gasteiger partial charge < -0.3 is 14.2 Å². The first kappa shape index (κ1) is 22.5. The molecule has 0 fully saturated rings. The second-order valence-electron chi connectivity index (χ2n) is 7.74. The summed E-state index contributed by atoms with van der Waals surface area (Å²) in [6, 6.07) is 14.0. The molecular formula is C24H23ClO6S. The Labute approximate surface area is 192 Å². The molecular weight excluding hydrogens is 452 g/mol. The summed E-state index contributed by atoms with van der Waals surface area (Å²) < 4.78 is 50.7. The summed E-state index contributed by atoms with van der Waals surface area (Å²) >= 11 is 6.25. The van der Waals surface area contributed by atoms with Gasteiger partial charge in [-0.05, 0) is 48.9 Å². The van der Waals surface area contributed by atoms with Crippen molar-refractivity contribution >= 4 is 21.7 Å². The summed E-state index contributed by atoms with van der Waals surface area (Å²) in [6.07, 6.45) is 0.560. The van der Waals surface area contributed by atoms with Gasteiger partial charge in [-0.25, -0.2) is 0 Å². The highest BCUT2D eigenvalue weighted by atomic mass is 35.5. The Morgan fingerprint density at radius 2 is 1.84 bits per heavy atom. The molecule has 168 valence electrons. The van der Waals surface area contributed by atoms with Crippen molar-refractivity contribution < 1.29 is 27.2 Å². The number of fused-ring (bicyclic) bond motifs is 1. The van der Waals surface area contributed by atoms with E-state index in [9.17, 15) is 13.0 Å². The van der Waals surface area contributed by atoms with Crippen molar-refractivity contribution in [3.63, 3.8) is 0 Å². The van der Waals surface area contributed by atoms with Gasteiger partial charge in [-0.15, -0.1) is 0 Å². The van der Waals surface area contributed by atoms with Crippen molar-refractivity contribution in [3.05, 3.63) is 70.2 Å². The second-order valence-corrected chi connectivity index (χ2v) is 9.57. The number of halogens is 1. The Morgan fingerprint density at radius 3 is 2.53 bits per heavy atom. The molecule has 0 amide bonds. The van der Waals surface area contributed by atoms with Crippen LogP contribution in [0.4, 0.5) is 0 Å². The van der Waals surface area contributed by atoms with Gasteiger partial charge >= 0.3 is 0 Å². The van der Waals surface area contributed by atoms with E-state index in [4.69, 9.17) is 25.8 Å². The Kier molecular flexibility index (Phi) is 6.07. The molecule has 1 aliphatic heterocycles. The van der Waals surface area contributed by atoms with E-state index in [-0.39, 0.29) is 11.0 Å². The van der Waals surface area contributed by atoms with E-state index < -0.39 is 10.1 Å². The molecule has 6 nitrogen and oxygen atoms in total. The van der Waals surface area contributed by atoms with Crippen LogP contribution in [0.5, 0.6) is 17.2 Å². The van der Waals surface area contributed by atoms with Crippen molar-refractivity contribution in [2.75, 3.05) is 14.2 Å². The van der Waals surface area contributed by atoms with Gasteiger partial charge in [0.1, 0.15) is 23.4 Å². The van der Waals surface area contributed by atoms with E-state index in [1.54, 1.807) is 38.5 Å². The zero-order chi connectivity index (χ0) is 23.0. The van der Waals surface area contributed by atoms with Crippen LogP contribution in [-0.4, -0.2) is 33.3 Å². The topological polar surface area (TPSA) is 82.1 Å². The van der Waals surface area contributed by atoms with Crippen LogP contribution >= 0.6 is 11.6 Å². The largest absolute Gasteiger partial charge is 0.497 e. The summed E-state index contributed by atoms with van der Waals surface area (Å²) in [5.74, 6) is 1.99. The molecule has 1 aliphatic rings. The lowest BCUT2D eigenvalue weighted by Crippen LogP contribution is -2.18. The third-order valence-corrected chi connectivity index (χ3v) is 6.69. The highest BCUT2D eigenvalue weighted by molar-refractivity contribution is 7.85. The number of hydrogen-bond donors (Lipinski definition) is 1. The molecule has 0 bridgehead atoms. The average Bonchev–Trinajstić information content (AvgIpc) is 3.14. The first-order chi connectivity index (χ1) is 15.2. The van der Waals surface area contributed by atoms with E-state index in [1.165, 1.54) is 6.07 Å². The number of hydrogen-bond acceptors (Lipinski definition) is 5. The maximum absolute atomic E-state index is 11.9. The zero-order valence-corrected chi connectivity index (χ0v) is 19.5. The summed E-state index contributed by atoms with van der Waals surface area (Å²) in [5.41, 5.74) is 3.89. The van der Waals surface area contributed by atoms with E-state index in [0.29, 0.717) is 40.7 Å². The number of benzene rings is 3. The van der Waals surface area contributed by atoms with Crippen LogP contribution in [0, 0.1) is 6.92 Å². The predicted octanol–water partition coefficient (Wildman–Crippen LogP) is 5.13. The molecule has 1 N–H and O–H groups in total. The summed E-state index contributed by atoms with van der Waals surface area (Å²) in [7, 11) is -1.16. The van der Waals surface area contributed by atoms with Crippen LogP contribution in [0.3, 0.4) is 0 Å². The highest BCUT2D eigenvalue weighted by Crippen LogP contribution is 2.46. The van der Waals surface area contributed by atoms with Crippen LogP contribution in [0.25, 0.3) is 11.1 Å². The number of ether oxygens (including phenoxy) is 3. The van der Waals surface area contributed by atoms with E-state index in [2.05, 4.69) is 0 Å². The predicted molar refractivity (Wildman–Crippen MR) is 123 cm³/mol. The first-order valence-electron chi connectivity index (χ1n) is 9.98. The molecule has 0 aromatic heterocycles. The molecule has 1 heterocycles. The normalized spacial score (nSPS) is 15.2. The van der Waals surface area contributed by atoms with Gasteiger partial charge in [0.2, 0.25) is 0 Å². The van der Waals surface area contributed by atoms with Crippen LogP contribution in [0.2, 0.25) is 5.02 Å². The minimum absolute atomic E-state index is 0.100. The Bertz CT molecular complexity index is 1290. The van der Waals surface area contributed by atoms with E-state index in [1.807, 2.05) is 25.1 Å². The summed E-state index contributed by atoms with van der Waals surface area (Å²) in [5, 5.41) is 0.560. The van der Waals surface area contributed by atoms with Gasteiger partial charge in [0, 0.05) is 34.6 Å². The Balaban J connectivity index is 1.75. The highest BCUT2D eigenvalue weighted by Gasteiger charge is 2.30. The number of aryl methyl sites for hydroxylation is 1. The third kappa shape index (κ3) is 4.41. The fourth-order valence-electron chi connectivity index (χ4n) is 4.09. The SMILES string of the molecule is COc1cc2c(c(-c3cc(Cl)ccc3OC)c1)OC(Cc1cc(C)ccc1S(=O)(=O)O)C2. The maximum atomic E-state index is 11.9. The third-order valence-electron chi connectivity index (χ3n) is 5.50. The molecule has 0 saturated heterocycles. The van der Waals surface area contributed by atoms with Gasteiger partial charge in [-0.2, -0.15) is 8.42 Å². The fourth-order valence-corrected chi connectivity index (χ4v) is 4.98. The van der Waals surface area contributed by atoms with Crippen molar-refractivity contribution in [2.45, 2.75) is 30.8 Å². The molecule has 3 aromatic carbocycles. The van der Waals surface area contributed by atoms with Crippen LogP contribution < -0.4 is 14.2 Å². The minimum Gasteiger partial charge on any atom is -0.497 e. The molecule has 4 rings (SSSR count). The minimum atomic E-state index is -4.34. The van der Waals surface area contributed by atoms with Gasteiger partial charge in [-0.1, -0.05) is 29.3 Å². The lowest BCUT2D eigenvalue weighted by atomic mass is 9.98. The van der Waals surface area contributed by atoms with Crippen molar-refractivity contribution in [3.8, 4) is 28.4 Å². The van der Waals surface area contributed by atoms with Crippen LogP contribution in [0.15, 0.2) is 53.4 Å². The zero-order valence-electron chi connectivity index (χ0n) is 17.9. The molecule has 32 heavy (non-hydrogen) atoms. The van der Waals surface area contributed by atoms with Crippen molar-refractivity contribution in [1.82, 2.24) is 0 Å². The Hall–Kier alpha value is -2.74. The monoisotopic (exact) mass is 474 g/mol. The average molecular weight is 475 g/mol. The van der Waals surface area contributed by atoms with Gasteiger partial charge in [0.15, 0.2) is 0 Å². The standard InChI is InChI=1S/C24H23ClO6S/c1-14-4-7-23(32(26,27)28)15(8-14)9-19-11-16-10-18(29-2)13-21(24(16)31-19)20-12-17(25)5-6-22(20)30-3/h4-8,10,12-13,19H,9,11H2,1-3H3,(H,26,27,28). The van der Waals surface area contributed by atoms with Crippen LogP contribution in [-0.2, 0) is 23.0 Å². The molecule has 0 spiro atoms. The van der Waals surface area contributed by atoms with Gasteiger partial charge in [0.25, 0.3) is 10.1 Å². The molecule has 8 heteroatoms. The summed E-state index contributed by atoms with van der Waals surface area (Å²) in [4.78, 5) is -0.100. The lowest BCUT2D eigenvalue weighted by Gasteiger charge is -2.16. The number of methoxy groups -OCH3 is 2. The maximum Gasteiger partial charge on any atom is 0.294 e. The quantitative estimate of drug-likeness (QED) is 0.499. The Morgan fingerprint density at radius 1 is 1.06 bits per heavy atom. The molecule has 1 unspecified atom stereocenters. The van der Waals surface area contributed by atoms with Crippen molar-refractivity contribution in [2.24, 2.45) is 0 Å². The molecule has 0 saturated carbocycles. The van der Waals surface area contributed by atoms with Crippen LogP contribution in [0.1, 0.15) is 16.7 Å². The smallest absolute Gasteiger partial charge is 0.294 e.